The normalized spacial score (nSPS) is 10.3. The third-order valence-electron chi connectivity index (χ3n) is 3.90. The van der Waals surface area contributed by atoms with Gasteiger partial charge in [0.15, 0.2) is 0 Å². The van der Waals surface area contributed by atoms with Crippen LogP contribution in [0.3, 0.4) is 0 Å². The second kappa shape index (κ2) is 8.13. The first-order valence-electron chi connectivity index (χ1n) is 8.20. The van der Waals surface area contributed by atoms with Gasteiger partial charge in [0.2, 0.25) is 0 Å². The number of carbonyl (C=O) groups excluding carboxylic acids is 2. The molecule has 0 aliphatic heterocycles. The number of rotatable bonds is 5. The second-order valence-electron chi connectivity index (χ2n) is 5.74. The average Bonchev–Trinajstić information content (AvgIpc) is 3.02. The predicted molar refractivity (Wildman–Crippen MR) is 95.9 cm³/mol. The minimum atomic E-state index is -0.499. The minimum absolute atomic E-state index is 0.216. The topological polar surface area (TPSA) is 106 Å². The van der Waals surface area contributed by atoms with E-state index in [1.54, 1.807) is 49.5 Å². The molecule has 3 rings (SSSR count). The number of carbonyl (C=O) groups is 2. The van der Waals surface area contributed by atoms with Gasteiger partial charge in [-0.1, -0.05) is 17.3 Å². The highest BCUT2D eigenvalue weighted by Crippen LogP contribution is 2.21. The van der Waals surface area contributed by atoms with Crippen molar-refractivity contribution in [3.63, 3.8) is 0 Å². The summed E-state index contributed by atoms with van der Waals surface area (Å²) in [6.45, 7) is 3.83. The maximum absolute atomic E-state index is 12.4. The molecule has 2 aromatic heterocycles. The fourth-order valence-corrected chi connectivity index (χ4v) is 2.39. The van der Waals surface area contributed by atoms with Crippen molar-refractivity contribution in [2.75, 3.05) is 0 Å². The molecular formula is C19H18N4O4. The van der Waals surface area contributed by atoms with Crippen LogP contribution in [0.5, 0.6) is 5.75 Å². The van der Waals surface area contributed by atoms with E-state index in [0.717, 1.165) is 11.3 Å². The smallest absolute Gasteiger partial charge is 0.273 e. The van der Waals surface area contributed by atoms with E-state index in [2.05, 4.69) is 21.0 Å². The van der Waals surface area contributed by atoms with Crippen molar-refractivity contribution in [3.05, 3.63) is 76.9 Å². The Morgan fingerprint density at radius 2 is 1.85 bits per heavy atom. The molecule has 27 heavy (non-hydrogen) atoms. The number of hydrogen-bond donors (Lipinski definition) is 2. The van der Waals surface area contributed by atoms with Crippen LogP contribution in [0.2, 0.25) is 0 Å². The van der Waals surface area contributed by atoms with Crippen molar-refractivity contribution in [1.82, 2.24) is 21.0 Å². The molecule has 0 bridgehead atoms. The van der Waals surface area contributed by atoms with Crippen molar-refractivity contribution in [2.45, 2.75) is 20.5 Å². The van der Waals surface area contributed by atoms with E-state index < -0.39 is 11.8 Å². The molecule has 0 aliphatic carbocycles. The molecule has 2 N–H and O–H groups in total. The Kier molecular flexibility index (Phi) is 5.46. The summed E-state index contributed by atoms with van der Waals surface area (Å²) in [4.78, 5) is 28.3. The Morgan fingerprint density at radius 1 is 1.07 bits per heavy atom. The lowest BCUT2D eigenvalue weighted by Gasteiger charge is -2.12. The molecule has 1 aromatic carbocycles. The summed E-state index contributed by atoms with van der Waals surface area (Å²) >= 11 is 0. The summed E-state index contributed by atoms with van der Waals surface area (Å²) in [6, 6.07) is 9.97. The van der Waals surface area contributed by atoms with Crippen molar-refractivity contribution >= 4 is 11.8 Å². The summed E-state index contributed by atoms with van der Waals surface area (Å²) in [5.74, 6) is 0.0796. The fourth-order valence-electron chi connectivity index (χ4n) is 2.39. The largest absolute Gasteiger partial charge is 0.488 e. The second-order valence-corrected chi connectivity index (χ2v) is 5.74. The standard InChI is InChI=1S/C19H18N4O4/c1-12-16(13(2)27-23-12)11-26-17-8-4-3-7-15(17)19(25)22-21-18(24)14-6-5-9-20-10-14/h3-10H,11H2,1-2H3,(H,21,24)(H,22,25). The highest BCUT2D eigenvalue weighted by atomic mass is 16.5. The van der Waals surface area contributed by atoms with E-state index in [4.69, 9.17) is 9.26 Å². The molecule has 0 aliphatic rings. The van der Waals surface area contributed by atoms with Crippen molar-refractivity contribution in [1.29, 1.82) is 0 Å². The molecule has 0 spiro atoms. The maximum Gasteiger partial charge on any atom is 0.273 e. The van der Waals surface area contributed by atoms with Crippen LogP contribution in [-0.2, 0) is 6.61 Å². The van der Waals surface area contributed by atoms with E-state index in [-0.39, 0.29) is 12.2 Å². The van der Waals surface area contributed by atoms with Gasteiger partial charge in [-0.2, -0.15) is 0 Å². The highest BCUT2D eigenvalue weighted by Gasteiger charge is 2.15. The fraction of sp³-hybridized carbons (Fsp3) is 0.158. The predicted octanol–water partition coefficient (Wildman–Crippen LogP) is 2.34. The summed E-state index contributed by atoms with van der Waals surface area (Å²) in [5.41, 5.74) is 6.91. The molecule has 0 saturated heterocycles. The van der Waals surface area contributed by atoms with Crippen LogP contribution in [0, 0.1) is 13.8 Å². The van der Waals surface area contributed by atoms with Crippen LogP contribution in [0.4, 0.5) is 0 Å². The zero-order valence-electron chi connectivity index (χ0n) is 14.9. The Labute approximate surface area is 155 Å². The van der Waals surface area contributed by atoms with Crippen LogP contribution in [0.25, 0.3) is 0 Å². The molecule has 0 radical (unpaired) electrons. The van der Waals surface area contributed by atoms with E-state index in [9.17, 15) is 9.59 Å². The third-order valence-corrected chi connectivity index (χ3v) is 3.90. The van der Waals surface area contributed by atoms with Gasteiger partial charge in [-0.05, 0) is 38.1 Å². The lowest BCUT2D eigenvalue weighted by atomic mass is 10.2. The Hall–Kier alpha value is -3.68. The molecule has 0 atom stereocenters. The number of nitrogens with one attached hydrogen (secondary N) is 2. The number of aryl methyl sites for hydroxylation is 2. The van der Waals surface area contributed by atoms with Gasteiger partial charge in [0.1, 0.15) is 18.1 Å². The van der Waals surface area contributed by atoms with Crippen LogP contribution < -0.4 is 15.6 Å². The molecule has 138 valence electrons. The van der Waals surface area contributed by atoms with Gasteiger partial charge >= 0.3 is 0 Å². The molecule has 0 fully saturated rings. The molecule has 2 heterocycles. The van der Waals surface area contributed by atoms with Crippen LogP contribution in [0.1, 0.15) is 37.7 Å². The van der Waals surface area contributed by atoms with Crippen molar-refractivity contribution < 1.29 is 18.8 Å². The van der Waals surface area contributed by atoms with E-state index in [1.165, 1.54) is 6.20 Å². The number of ether oxygens (including phenoxy) is 1. The first-order chi connectivity index (χ1) is 13.1. The lowest BCUT2D eigenvalue weighted by molar-refractivity contribution is 0.0844. The Morgan fingerprint density at radius 3 is 2.56 bits per heavy atom. The molecule has 2 amide bonds. The number of amides is 2. The molecule has 0 saturated carbocycles. The number of hydrazine groups is 1. The zero-order chi connectivity index (χ0) is 19.2. The van der Waals surface area contributed by atoms with Gasteiger partial charge in [-0.3, -0.25) is 25.4 Å². The molecular weight excluding hydrogens is 348 g/mol. The quantitative estimate of drug-likeness (QED) is 0.671. The number of benzene rings is 1. The van der Waals surface area contributed by atoms with Gasteiger partial charge in [0.25, 0.3) is 11.8 Å². The summed E-state index contributed by atoms with van der Waals surface area (Å²) in [5, 5.41) is 3.88. The molecule has 8 heteroatoms. The number of hydrogen-bond acceptors (Lipinski definition) is 6. The van der Waals surface area contributed by atoms with Gasteiger partial charge in [-0.25, -0.2) is 0 Å². The first kappa shape index (κ1) is 18.1. The molecule has 0 unspecified atom stereocenters. The van der Waals surface area contributed by atoms with E-state index in [0.29, 0.717) is 17.1 Å². The summed E-state index contributed by atoms with van der Waals surface area (Å²) in [6.07, 6.45) is 2.96. The Balaban J connectivity index is 1.66. The van der Waals surface area contributed by atoms with Crippen LogP contribution >= 0.6 is 0 Å². The summed E-state index contributed by atoms with van der Waals surface area (Å²) in [7, 11) is 0. The number of nitrogens with zero attached hydrogens (tertiary/aromatic N) is 2. The van der Waals surface area contributed by atoms with Crippen molar-refractivity contribution in [3.8, 4) is 5.75 Å². The highest BCUT2D eigenvalue weighted by molar-refractivity contribution is 6.00. The van der Waals surface area contributed by atoms with Gasteiger partial charge in [0.05, 0.1) is 22.4 Å². The third kappa shape index (κ3) is 4.30. The van der Waals surface area contributed by atoms with Crippen molar-refractivity contribution in [2.24, 2.45) is 0 Å². The van der Waals surface area contributed by atoms with Gasteiger partial charge in [-0.15, -0.1) is 0 Å². The number of aromatic nitrogens is 2. The first-order valence-corrected chi connectivity index (χ1v) is 8.20. The van der Waals surface area contributed by atoms with Crippen LogP contribution in [0.15, 0.2) is 53.3 Å². The SMILES string of the molecule is Cc1noc(C)c1COc1ccccc1C(=O)NNC(=O)c1cccnc1. The van der Waals surface area contributed by atoms with E-state index in [1.807, 2.05) is 6.92 Å². The average molecular weight is 366 g/mol. The zero-order valence-corrected chi connectivity index (χ0v) is 14.9. The van der Waals surface area contributed by atoms with Crippen LogP contribution in [-0.4, -0.2) is 22.0 Å². The summed E-state index contributed by atoms with van der Waals surface area (Å²) < 4.78 is 10.9. The van der Waals surface area contributed by atoms with E-state index >= 15 is 0 Å². The molecule has 3 aromatic rings. The number of pyridine rings is 1. The van der Waals surface area contributed by atoms with Gasteiger partial charge < -0.3 is 9.26 Å². The maximum atomic E-state index is 12.4. The Bertz CT molecular complexity index is 934. The molecule has 8 nitrogen and oxygen atoms in total. The number of para-hydroxylation sites is 1. The van der Waals surface area contributed by atoms with Gasteiger partial charge in [0, 0.05) is 12.4 Å². The monoisotopic (exact) mass is 366 g/mol. The minimum Gasteiger partial charge on any atom is -0.488 e. The lowest BCUT2D eigenvalue weighted by Crippen LogP contribution is -2.41.